The molecule has 0 radical (unpaired) electrons. The average Bonchev–Trinajstić information content (AvgIpc) is 2.82. The first kappa shape index (κ1) is 19.9. The minimum atomic E-state index is -0.705. The highest BCUT2D eigenvalue weighted by Gasteiger charge is 2.41. The lowest BCUT2D eigenvalue weighted by atomic mass is 9.66. The molecule has 2 atom stereocenters. The molecule has 2 aliphatic carbocycles. The fourth-order valence-corrected chi connectivity index (χ4v) is 6.72. The second kappa shape index (κ2) is 6.94. The Labute approximate surface area is 162 Å². The van der Waals surface area contributed by atoms with Crippen molar-refractivity contribution in [2.75, 3.05) is 20.6 Å². The Kier molecular flexibility index (Phi) is 5.31. The summed E-state index contributed by atoms with van der Waals surface area (Å²) in [6, 6.07) is 0. The number of rotatable bonds is 4. The van der Waals surface area contributed by atoms with Crippen molar-refractivity contribution in [2.24, 2.45) is 16.7 Å². The van der Waals surface area contributed by atoms with E-state index in [-0.39, 0.29) is 5.41 Å². The molecule has 3 nitrogen and oxygen atoms in total. The number of carbonyl (C=O) groups is 1. The van der Waals surface area contributed by atoms with Crippen LogP contribution in [0.4, 0.5) is 0 Å². The highest BCUT2D eigenvalue weighted by molar-refractivity contribution is 7.12. The molecule has 1 heterocycles. The summed E-state index contributed by atoms with van der Waals surface area (Å²) in [7, 11) is 4.28. The molecule has 146 valence electrons. The molecular weight excluding hydrogens is 342 g/mol. The SMILES string of the molecule is CN(C)C[C@H]1CC(C)(C)CC[C@H]1c1sc2c(c1C(=O)O)CC(C)(C)CC2. The zero-order chi connectivity index (χ0) is 19.3. The van der Waals surface area contributed by atoms with Gasteiger partial charge in [-0.2, -0.15) is 0 Å². The van der Waals surface area contributed by atoms with Crippen molar-refractivity contribution < 1.29 is 9.90 Å². The van der Waals surface area contributed by atoms with E-state index < -0.39 is 5.97 Å². The van der Waals surface area contributed by atoms with Gasteiger partial charge in [-0.3, -0.25) is 0 Å². The van der Waals surface area contributed by atoms with Crippen molar-refractivity contribution in [3.63, 3.8) is 0 Å². The Morgan fingerprint density at radius 1 is 1.19 bits per heavy atom. The van der Waals surface area contributed by atoms with E-state index in [1.54, 1.807) is 0 Å². The molecular formula is C22H35NO2S. The van der Waals surface area contributed by atoms with Gasteiger partial charge in [-0.15, -0.1) is 11.3 Å². The average molecular weight is 378 g/mol. The minimum Gasteiger partial charge on any atom is -0.478 e. The van der Waals surface area contributed by atoms with Crippen LogP contribution in [0.3, 0.4) is 0 Å². The third-order valence-corrected chi connectivity index (χ3v) is 7.89. The van der Waals surface area contributed by atoms with Gasteiger partial charge in [0.1, 0.15) is 0 Å². The van der Waals surface area contributed by atoms with Crippen LogP contribution in [-0.2, 0) is 12.8 Å². The lowest BCUT2D eigenvalue weighted by Gasteiger charge is -2.42. The van der Waals surface area contributed by atoms with Gasteiger partial charge in [0.2, 0.25) is 0 Å². The summed E-state index contributed by atoms with van der Waals surface area (Å²) >= 11 is 1.83. The number of hydrogen-bond donors (Lipinski definition) is 1. The number of fused-ring (bicyclic) bond motifs is 1. The Morgan fingerprint density at radius 3 is 2.50 bits per heavy atom. The number of nitrogens with zero attached hydrogens (tertiary/aromatic N) is 1. The zero-order valence-electron chi connectivity index (χ0n) is 17.3. The van der Waals surface area contributed by atoms with Crippen molar-refractivity contribution in [2.45, 2.75) is 72.1 Å². The summed E-state index contributed by atoms with van der Waals surface area (Å²) in [6.45, 7) is 10.3. The Morgan fingerprint density at radius 2 is 1.88 bits per heavy atom. The molecule has 0 unspecified atom stereocenters. The van der Waals surface area contributed by atoms with Crippen molar-refractivity contribution in [3.8, 4) is 0 Å². The molecule has 1 saturated carbocycles. The maximum absolute atomic E-state index is 12.3. The van der Waals surface area contributed by atoms with E-state index in [1.165, 1.54) is 22.6 Å². The number of thiophene rings is 1. The fourth-order valence-electron chi connectivity index (χ4n) is 5.18. The quantitative estimate of drug-likeness (QED) is 0.760. The highest BCUT2D eigenvalue weighted by Crippen LogP contribution is 2.51. The predicted octanol–water partition coefficient (Wildman–Crippen LogP) is 5.43. The fraction of sp³-hybridized carbons (Fsp3) is 0.773. The van der Waals surface area contributed by atoms with Crippen LogP contribution in [0.1, 0.15) is 85.0 Å². The maximum Gasteiger partial charge on any atom is 0.337 e. The van der Waals surface area contributed by atoms with Gasteiger partial charge in [0.05, 0.1) is 5.56 Å². The number of aryl methyl sites for hydroxylation is 1. The van der Waals surface area contributed by atoms with Gasteiger partial charge in [0.25, 0.3) is 0 Å². The number of hydrogen-bond acceptors (Lipinski definition) is 3. The molecule has 0 aliphatic heterocycles. The van der Waals surface area contributed by atoms with Crippen LogP contribution in [0.15, 0.2) is 0 Å². The molecule has 0 amide bonds. The van der Waals surface area contributed by atoms with Crippen LogP contribution in [0.2, 0.25) is 0 Å². The van der Waals surface area contributed by atoms with Gasteiger partial charge < -0.3 is 10.0 Å². The van der Waals surface area contributed by atoms with E-state index in [0.717, 1.165) is 37.8 Å². The third kappa shape index (κ3) is 4.01. The van der Waals surface area contributed by atoms with Crippen LogP contribution in [0.5, 0.6) is 0 Å². The lowest BCUT2D eigenvalue weighted by Crippen LogP contribution is -2.35. The first-order chi connectivity index (χ1) is 12.0. The van der Waals surface area contributed by atoms with E-state index in [0.29, 0.717) is 22.8 Å². The zero-order valence-corrected chi connectivity index (χ0v) is 18.1. The summed E-state index contributed by atoms with van der Waals surface area (Å²) in [6.07, 6.45) is 6.62. The maximum atomic E-state index is 12.3. The van der Waals surface area contributed by atoms with Crippen LogP contribution in [0, 0.1) is 16.7 Å². The summed E-state index contributed by atoms with van der Waals surface area (Å²) < 4.78 is 0. The Bertz CT molecular complexity index is 687. The molecule has 0 saturated heterocycles. The van der Waals surface area contributed by atoms with Crippen molar-refractivity contribution in [1.82, 2.24) is 4.90 Å². The molecule has 26 heavy (non-hydrogen) atoms. The molecule has 0 aromatic carbocycles. The number of aromatic carboxylic acids is 1. The molecule has 0 bridgehead atoms. The Balaban J connectivity index is 2.02. The van der Waals surface area contributed by atoms with Crippen molar-refractivity contribution in [1.29, 1.82) is 0 Å². The molecule has 1 N–H and O–H groups in total. The molecule has 0 spiro atoms. The monoisotopic (exact) mass is 377 g/mol. The normalized spacial score (nSPS) is 27.3. The van der Waals surface area contributed by atoms with Crippen LogP contribution < -0.4 is 0 Å². The first-order valence-electron chi connectivity index (χ1n) is 10.0. The van der Waals surface area contributed by atoms with Gasteiger partial charge in [-0.25, -0.2) is 4.79 Å². The lowest BCUT2D eigenvalue weighted by molar-refractivity contribution is 0.0691. The van der Waals surface area contributed by atoms with Crippen LogP contribution in [0.25, 0.3) is 0 Å². The van der Waals surface area contributed by atoms with E-state index in [9.17, 15) is 9.90 Å². The topological polar surface area (TPSA) is 40.5 Å². The predicted molar refractivity (Wildman–Crippen MR) is 110 cm³/mol. The summed E-state index contributed by atoms with van der Waals surface area (Å²) in [5, 5.41) is 10.1. The molecule has 1 aromatic heterocycles. The third-order valence-electron chi connectivity index (χ3n) is 6.47. The van der Waals surface area contributed by atoms with Crippen molar-refractivity contribution >= 4 is 17.3 Å². The summed E-state index contributed by atoms with van der Waals surface area (Å²) in [5.41, 5.74) is 2.40. The molecule has 2 aliphatic rings. The number of carboxylic acids is 1. The van der Waals surface area contributed by atoms with E-state index in [2.05, 4.69) is 46.7 Å². The second-order valence-corrected chi connectivity index (χ2v) is 11.6. The van der Waals surface area contributed by atoms with E-state index in [1.807, 2.05) is 11.3 Å². The molecule has 1 aromatic rings. The largest absolute Gasteiger partial charge is 0.478 e. The van der Waals surface area contributed by atoms with Crippen molar-refractivity contribution in [3.05, 3.63) is 20.9 Å². The van der Waals surface area contributed by atoms with Gasteiger partial charge in [0, 0.05) is 16.3 Å². The summed E-state index contributed by atoms with van der Waals surface area (Å²) in [5.74, 6) is 0.235. The molecule has 3 rings (SSSR count). The smallest absolute Gasteiger partial charge is 0.337 e. The van der Waals surface area contributed by atoms with Gasteiger partial charge in [-0.05, 0) is 80.8 Å². The minimum absolute atomic E-state index is 0.215. The first-order valence-corrected chi connectivity index (χ1v) is 10.8. The Hall–Kier alpha value is -0.870. The van der Waals surface area contributed by atoms with Gasteiger partial charge in [-0.1, -0.05) is 27.7 Å². The van der Waals surface area contributed by atoms with Crippen LogP contribution >= 0.6 is 11.3 Å². The van der Waals surface area contributed by atoms with E-state index >= 15 is 0 Å². The number of carboxylic acid groups (broad SMARTS) is 1. The summed E-state index contributed by atoms with van der Waals surface area (Å²) in [4.78, 5) is 17.1. The van der Waals surface area contributed by atoms with Gasteiger partial charge in [0.15, 0.2) is 0 Å². The standard InChI is InChI=1S/C22H35NO2S/c1-21(2)9-7-15(14(11-21)13-23(5)6)19-18(20(24)25)16-12-22(3,4)10-8-17(16)26-19/h14-15H,7-13H2,1-6H3,(H,24,25)/t14-,15-/m1/s1. The molecule has 4 heteroatoms. The van der Waals surface area contributed by atoms with Gasteiger partial charge >= 0.3 is 5.97 Å². The second-order valence-electron chi connectivity index (χ2n) is 10.4. The highest BCUT2D eigenvalue weighted by atomic mass is 32.1. The van der Waals surface area contributed by atoms with Crippen LogP contribution in [-0.4, -0.2) is 36.6 Å². The molecule has 1 fully saturated rings. The van der Waals surface area contributed by atoms with E-state index in [4.69, 9.17) is 0 Å².